The van der Waals surface area contributed by atoms with Crippen LogP contribution in [0.3, 0.4) is 0 Å². The lowest BCUT2D eigenvalue weighted by molar-refractivity contribution is -0.115. The number of carbonyl (C=O) groups is 2. The van der Waals surface area contributed by atoms with Crippen molar-refractivity contribution in [2.24, 2.45) is 0 Å². The molecule has 0 bridgehead atoms. The van der Waals surface area contributed by atoms with Gasteiger partial charge in [0.2, 0.25) is 11.9 Å². The number of nitrogen functional groups attached to an aromatic ring is 1. The number of anilines is 2. The van der Waals surface area contributed by atoms with Crippen molar-refractivity contribution in [3.8, 4) is 11.5 Å². The van der Waals surface area contributed by atoms with Gasteiger partial charge in [0, 0.05) is 30.1 Å². The number of nitrogens with zero attached hydrogens (tertiary/aromatic N) is 2. The molecule has 1 aromatic heterocycles. The molecule has 2 aromatic rings. The zero-order valence-corrected chi connectivity index (χ0v) is 14.1. The molecule has 0 aliphatic heterocycles. The van der Waals surface area contributed by atoms with Crippen molar-refractivity contribution in [3.63, 3.8) is 0 Å². The molecule has 2 amide bonds. The number of nitrogens with one attached hydrogen (secondary N) is 2. The highest BCUT2D eigenvalue weighted by molar-refractivity contribution is 5.99. The highest BCUT2D eigenvalue weighted by Gasteiger charge is 2.13. The third-order valence-electron chi connectivity index (χ3n) is 3.29. The van der Waals surface area contributed by atoms with Gasteiger partial charge >= 0.3 is 0 Å². The molecule has 0 spiro atoms. The zero-order chi connectivity index (χ0) is 18.4. The normalized spacial score (nSPS) is 10.0. The molecule has 0 saturated carbocycles. The summed E-state index contributed by atoms with van der Waals surface area (Å²) >= 11 is 0. The third-order valence-corrected chi connectivity index (χ3v) is 3.29. The fourth-order valence-corrected chi connectivity index (χ4v) is 2.05. The highest BCUT2D eigenvalue weighted by Crippen LogP contribution is 2.25. The topological polar surface area (TPSA) is 128 Å². The van der Waals surface area contributed by atoms with Crippen molar-refractivity contribution in [2.75, 3.05) is 31.8 Å². The second-order valence-electron chi connectivity index (χ2n) is 5.06. The number of methoxy groups -OCH3 is 2. The first kappa shape index (κ1) is 18.0. The first-order valence-electron chi connectivity index (χ1n) is 7.33. The maximum Gasteiger partial charge on any atom is 0.255 e. The number of amides is 2. The van der Waals surface area contributed by atoms with E-state index in [0.717, 1.165) is 0 Å². The average molecular weight is 345 g/mol. The minimum atomic E-state index is -0.462. The van der Waals surface area contributed by atoms with Crippen LogP contribution in [-0.4, -0.2) is 42.5 Å². The molecule has 25 heavy (non-hydrogen) atoms. The number of aryl methyl sites for hydroxylation is 1. The number of ether oxygens (including phenoxy) is 2. The Hall–Kier alpha value is -3.36. The van der Waals surface area contributed by atoms with E-state index in [1.165, 1.54) is 20.4 Å². The highest BCUT2D eigenvalue weighted by atomic mass is 16.5. The van der Waals surface area contributed by atoms with Gasteiger partial charge in [0.05, 0.1) is 32.0 Å². The van der Waals surface area contributed by atoms with Crippen molar-refractivity contribution in [1.29, 1.82) is 0 Å². The molecule has 0 unspecified atom stereocenters. The Morgan fingerprint density at radius 3 is 2.36 bits per heavy atom. The van der Waals surface area contributed by atoms with E-state index in [-0.39, 0.29) is 18.1 Å². The maximum atomic E-state index is 12.1. The van der Waals surface area contributed by atoms with Gasteiger partial charge in [0.15, 0.2) is 0 Å². The predicted octanol–water partition coefficient (Wildman–Crippen LogP) is 0.753. The van der Waals surface area contributed by atoms with Gasteiger partial charge in [0.25, 0.3) is 5.91 Å². The van der Waals surface area contributed by atoms with Crippen LogP contribution < -0.4 is 25.8 Å². The molecule has 132 valence electrons. The van der Waals surface area contributed by atoms with Gasteiger partial charge in [-0.25, -0.2) is 9.97 Å². The monoisotopic (exact) mass is 345 g/mol. The zero-order valence-electron chi connectivity index (χ0n) is 14.1. The largest absolute Gasteiger partial charge is 0.497 e. The molecule has 0 saturated heterocycles. The molecule has 4 N–H and O–H groups in total. The standard InChI is InChI=1S/C16H19N5O4/c1-9-13(7-19-16(17)20-9)15(23)18-8-14(22)21-10-4-11(24-2)6-12(5-10)25-3/h4-7H,8H2,1-3H3,(H,18,23)(H,21,22)(H2,17,19,20). The molecule has 2 rings (SSSR count). The Morgan fingerprint density at radius 2 is 1.80 bits per heavy atom. The molecule has 0 radical (unpaired) electrons. The smallest absolute Gasteiger partial charge is 0.255 e. The minimum Gasteiger partial charge on any atom is -0.497 e. The van der Waals surface area contributed by atoms with Crippen LogP contribution in [0.15, 0.2) is 24.4 Å². The van der Waals surface area contributed by atoms with Crippen LogP contribution >= 0.6 is 0 Å². The van der Waals surface area contributed by atoms with Crippen molar-refractivity contribution in [3.05, 3.63) is 35.7 Å². The van der Waals surface area contributed by atoms with Crippen LogP contribution in [0.4, 0.5) is 11.6 Å². The van der Waals surface area contributed by atoms with Crippen molar-refractivity contribution < 1.29 is 19.1 Å². The Bertz CT molecular complexity index is 772. The van der Waals surface area contributed by atoms with Crippen LogP contribution in [0.1, 0.15) is 16.1 Å². The summed E-state index contributed by atoms with van der Waals surface area (Å²) in [5.41, 5.74) is 6.62. The summed E-state index contributed by atoms with van der Waals surface area (Å²) in [5, 5.41) is 5.16. The number of aromatic nitrogens is 2. The molecule has 1 heterocycles. The maximum absolute atomic E-state index is 12.1. The lowest BCUT2D eigenvalue weighted by Gasteiger charge is -2.11. The molecule has 0 atom stereocenters. The molecular weight excluding hydrogens is 326 g/mol. The molecular formula is C16H19N5O4. The Kier molecular flexibility index (Phi) is 5.72. The number of benzene rings is 1. The van der Waals surface area contributed by atoms with Gasteiger partial charge < -0.3 is 25.8 Å². The summed E-state index contributed by atoms with van der Waals surface area (Å²) in [7, 11) is 3.02. The average Bonchev–Trinajstić information content (AvgIpc) is 2.59. The molecule has 1 aromatic carbocycles. The number of rotatable bonds is 6. The molecule has 0 aliphatic carbocycles. The van der Waals surface area contributed by atoms with E-state index >= 15 is 0 Å². The first-order chi connectivity index (χ1) is 11.9. The van der Waals surface area contributed by atoms with Crippen molar-refractivity contribution in [2.45, 2.75) is 6.92 Å². The lowest BCUT2D eigenvalue weighted by Crippen LogP contribution is -2.33. The van der Waals surface area contributed by atoms with Crippen LogP contribution in [0.5, 0.6) is 11.5 Å². The minimum absolute atomic E-state index is 0.0822. The van der Waals surface area contributed by atoms with Crippen molar-refractivity contribution >= 4 is 23.5 Å². The van der Waals surface area contributed by atoms with Gasteiger partial charge in [-0.05, 0) is 6.92 Å². The van der Waals surface area contributed by atoms with Crippen LogP contribution in [0.25, 0.3) is 0 Å². The molecule has 9 nitrogen and oxygen atoms in total. The fraction of sp³-hybridized carbons (Fsp3) is 0.250. The number of carbonyl (C=O) groups excluding carboxylic acids is 2. The second-order valence-corrected chi connectivity index (χ2v) is 5.06. The van der Waals surface area contributed by atoms with Crippen LogP contribution in [0.2, 0.25) is 0 Å². The van der Waals surface area contributed by atoms with E-state index in [2.05, 4.69) is 20.6 Å². The quantitative estimate of drug-likeness (QED) is 0.704. The summed E-state index contributed by atoms with van der Waals surface area (Å²) in [6.45, 7) is 1.41. The first-order valence-corrected chi connectivity index (χ1v) is 7.33. The number of hydrogen-bond acceptors (Lipinski definition) is 7. The van der Waals surface area contributed by atoms with E-state index in [1.54, 1.807) is 25.1 Å². The summed E-state index contributed by atoms with van der Waals surface area (Å²) in [4.78, 5) is 31.8. The Labute approximate surface area is 144 Å². The summed E-state index contributed by atoms with van der Waals surface area (Å²) in [6.07, 6.45) is 1.32. The van der Waals surface area contributed by atoms with Crippen LogP contribution in [0, 0.1) is 6.92 Å². The van der Waals surface area contributed by atoms with Gasteiger partial charge in [0.1, 0.15) is 11.5 Å². The molecule has 0 fully saturated rings. The van der Waals surface area contributed by atoms with Gasteiger partial charge in [-0.15, -0.1) is 0 Å². The van der Waals surface area contributed by atoms with E-state index < -0.39 is 11.8 Å². The van der Waals surface area contributed by atoms with E-state index in [1.807, 2.05) is 0 Å². The SMILES string of the molecule is COc1cc(NC(=O)CNC(=O)c2cnc(N)nc2C)cc(OC)c1. The third kappa shape index (κ3) is 4.80. The number of hydrogen-bond donors (Lipinski definition) is 3. The van der Waals surface area contributed by atoms with Gasteiger partial charge in [-0.2, -0.15) is 0 Å². The Balaban J connectivity index is 1.97. The van der Waals surface area contributed by atoms with Gasteiger partial charge in [-0.3, -0.25) is 9.59 Å². The fourth-order valence-electron chi connectivity index (χ4n) is 2.05. The van der Waals surface area contributed by atoms with Crippen LogP contribution in [-0.2, 0) is 4.79 Å². The van der Waals surface area contributed by atoms with E-state index in [4.69, 9.17) is 15.2 Å². The predicted molar refractivity (Wildman–Crippen MR) is 91.7 cm³/mol. The lowest BCUT2D eigenvalue weighted by atomic mass is 10.2. The van der Waals surface area contributed by atoms with E-state index in [9.17, 15) is 9.59 Å². The summed E-state index contributed by atoms with van der Waals surface area (Å²) in [5.74, 6) is 0.286. The number of nitrogens with two attached hydrogens (primary N) is 1. The summed E-state index contributed by atoms with van der Waals surface area (Å²) in [6, 6.07) is 4.96. The van der Waals surface area contributed by atoms with Gasteiger partial charge in [-0.1, -0.05) is 0 Å². The molecule has 9 heteroatoms. The Morgan fingerprint density at radius 1 is 1.16 bits per heavy atom. The van der Waals surface area contributed by atoms with E-state index in [0.29, 0.717) is 22.9 Å². The van der Waals surface area contributed by atoms with Crippen molar-refractivity contribution in [1.82, 2.24) is 15.3 Å². The molecule has 0 aliphatic rings. The second kappa shape index (κ2) is 7.95. The summed E-state index contributed by atoms with van der Waals surface area (Å²) < 4.78 is 10.3.